The lowest BCUT2D eigenvalue weighted by molar-refractivity contribution is -0.384. The minimum absolute atomic E-state index is 0.0129. The molecule has 1 amide bonds. The molecule has 3 aromatic rings. The molecule has 0 spiro atoms. The van der Waals surface area contributed by atoms with E-state index < -0.39 is 10.8 Å². The second-order valence-electron chi connectivity index (χ2n) is 5.38. The highest BCUT2D eigenvalue weighted by Gasteiger charge is 2.15. The standard InChI is InChI=1S/C17H13FN4O5/c18-11-1-4-13(5-2-11)27-10-21-8-7-14(20-21)17(24)19-15-9-12(22(25)26)3-6-16(15)23/h1-9,23H,10H2,(H,19,24). The summed E-state index contributed by atoms with van der Waals surface area (Å²) in [6.07, 6.45) is 1.49. The maximum Gasteiger partial charge on any atom is 0.276 e. The molecule has 10 heteroatoms. The van der Waals surface area contributed by atoms with E-state index in [9.17, 15) is 24.4 Å². The van der Waals surface area contributed by atoms with Crippen LogP contribution in [0.3, 0.4) is 0 Å². The summed E-state index contributed by atoms with van der Waals surface area (Å²) in [5, 5.41) is 26.9. The largest absolute Gasteiger partial charge is 0.506 e. The summed E-state index contributed by atoms with van der Waals surface area (Å²) in [7, 11) is 0. The number of aromatic nitrogens is 2. The third kappa shape index (κ3) is 4.37. The fourth-order valence-corrected chi connectivity index (χ4v) is 2.15. The summed E-state index contributed by atoms with van der Waals surface area (Å²) >= 11 is 0. The van der Waals surface area contributed by atoms with E-state index in [0.717, 1.165) is 18.2 Å². The quantitative estimate of drug-likeness (QED) is 0.390. The van der Waals surface area contributed by atoms with Gasteiger partial charge in [-0.05, 0) is 36.4 Å². The highest BCUT2D eigenvalue weighted by Crippen LogP contribution is 2.28. The van der Waals surface area contributed by atoms with Crippen molar-refractivity contribution in [2.45, 2.75) is 6.73 Å². The lowest BCUT2D eigenvalue weighted by Gasteiger charge is -2.07. The van der Waals surface area contributed by atoms with Crippen molar-refractivity contribution >= 4 is 17.3 Å². The number of phenolic OH excluding ortho intramolecular Hbond substituents is 1. The number of anilines is 1. The Balaban J connectivity index is 1.65. The van der Waals surface area contributed by atoms with Crippen LogP contribution in [0.25, 0.3) is 0 Å². The first-order valence-corrected chi connectivity index (χ1v) is 7.63. The molecule has 1 heterocycles. The van der Waals surface area contributed by atoms with Crippen LogP contribution >= 0.6 is 0 Å². The molecule has 0 saturated carbocycles. The molecule has 0 radical (unpaired) electrons. The van der Waals surface area contributed by atoms with E-state index in [1.54, 1.807) is 0 Å². The molecule has 0 aliphatic carbocycles. The summed E-state index contributed by atoms with van der Waals surface area (Å²) in [6, 6.07) is 10.1. The molecule has 3 rings (SSSR count). The third-order valence-electron chi connectivity index (χ3n) is 3.49. The van der Waals surface area contributed by atoms with Gasteiger partial charge in [-0.3, -0.25) is 14.9 Å². The Kier molecular flexibility index (Phi) is 4.97. The number of halogens is 1. The van der Waals surface area contributed by atoms with Crippen molar-refractivity contribution in [3.63, 3.8) is 0 Å². The summed E-state index contributed by atoms with van der Waals surface area (Å²) in [6.45, 7) is -0.0129. The summed E-state index contributed by atoms with van der Waals surface area (Å²) in [5.74, 6) is -0.927. The number of nitro groups is 1. The number of rotatable bonds is 6. The number of carbonyl (C=O) groups excluding carboxylic acids is 1. The van der Waals surface area contributed by atoms with Gasteiger partial charge in [0.2, 0.25) is 0 Å². The van der Waals surface area contributed by atoms with Gasteiger partial charge in [0.15, 0.2) is 12.4 Å². The van der Waals surface area contributed by atoms with Crippen LogP contribution in [-0.2, 0) is 6.73 Å². The number of aromatic hydroxyl groups is 1. The maximum atomic E-state index is 12.8. The second kappa shape index (κ2) is 7.52. The van der Waals surface area contributed by atoms with E-state index in [1.165, 1.54) is 41.2 Å². The number of nitrogens with zero attached hydrogens (tertiary/aromatic N) is 3. The number of ether oxygens (including phenoxy) is 1. The molecular weight excluding hydrogens is 359 g/mol. The summed E-state index contributed by atoms with van der Waals surface area (Å²) in [5.41, 5.74) is -0.365. The van der Waals surface area contributed by atoms with Crippen LogP contribution in [0.5, 0.6) is 11.5 Å². The van der Waals surface area contributed by atoms with Gasteiger partial charge in [0, 0.05) is 18.3 Å². The Morgan fingerprint density at radius 1 is 1.26 bits per heavy atom. The lowest BCUT2D eigenvalue weighted by atomic mass is 10.2. The van der Waals surface area contributed by atoms with Crippen molar-refractivity contribution in [2.75, 3.05) is 5.32 Å². The van der Waals surface area contributed by atoms with Gasteiger partial charge in [-0.1, -0.05) is 0 Å². The minimum Gasteiger partial charge on any atom is -0.506 e. The molecule has 0 saturated heterocycles. The monoisotopic (exact) mass is 372 g/mol. The number of hydrogen-bond donors (Lipinski definition) is 2. The zero-order chi connectivity index (χ0) is 19.4. The van der Waals surface area contributed by atoms with Crippen LogP contribution in [0.2, 0.25) is 0 Å². The first-order valence-electron chi connectivity index (χ1n) is 7.63. The zero-order valence-corrected chi connectivity index (χ0v) is 13.7. The molecule has 138 valence electrons. The van der Waals surface area contributed by atoms with Gasteiger partial charge in [-0.25, -0.2) is 9.07 Å². The van der Waals surface area contributed by atoms with E-state index >= 15 is 0 Å². The van der Waals surface area contributed by atoms with Crippen LogP contribution in [0.1, 0.15) is 10.5 Å². The summed E-state index contributed by atoms with van der Waals surface area (Å²) < 4.78 is 19.6. The van der Waals surface area contributed by atoms with E-state index in [4.69, 9.17) is 4.74 Å². The highest BCUT2D eigenvalue weighted by atomic mass is 19.1. The number of non-ortho nitro benzene ring substituents is 1. The number of benzene rings is 2. The first kappa shape index (κ1) is 17.9. The fraction of sp³-hybridized carbons (Fsp3) is 0.0588. The molecule has 1 aromatic heterocycles. The molecule has 0 aliphatic heterocycles. The van der Waals surface area contributed by atoms with Crippen molar-refractivity contribution in [2.24, 2.45) is 0 Å². The van der Waals surface area contributed by atoms with Crippen LogP contribution in [0.4, 0.5) is 15.8 Å². The van der Waals surface area contributed by atoms with Gasteiger partial charge in [0.1, 0.15) is 17.3 Å². The van der Waals surface area contributed by atoms with E-state index in [0.29, 0.717) is 5.75 Å². The Morgan fingerprint density at radius 3 is 2.70 bits per heavy atom. The van der Waals surface area contributed by atoms with Crippen molar-refractivity contribution in [1.29, 1.82) is 0 Å². The van der Waals surface area contributed by atoms with Crippen molar-refractivity contribution < 1.29 is 24.0 Å². The predicted octanol–water partition coefficient (Wildman–Crippen LogP) is 2.92. The molecule has 27 heavy (non-hydrogen) atoms. The molecule has 0 bridgehead atoms. The van der Waals surface area contributed by atoms with E-state index in [2.05, 4.69) is 10.4 Å². The van der Waals surface area contributed by atoms with Crippen LogP contribution < -0.4 is 10.1 Å². The SMILES string of the molecule is O=C(Nc1cc([N+](=O)[O-])ccc1O)c1ccn(COc2ccc(F)cc2)n1. The van der Waals surface area contributed by atoms with Gasteiger partial charge in [-0.2, -0.15) is 5.10 Å². The molecule has 0 fully saturated rings. The molecule has 0 atom stereocenters. The normalized spacial score (nSPS) is 10.4. The average molecular weight is 372 g/mol. The highest BCUT2D eigenvalue weighted by molar-refractivity contribution is 6.03. The fourth-order valence-electron chi connectivity index (χ4n) is 2.15. The van der Waals surface area contributed by atoms with Gasteiger partial charge in [0.05, 0.1) is 10.6 Å². The number of carbonyl (C=O) groups is 1. The predicted molar refractivity (Wildman–Crippen MR) is 92.0 cm³/mol. The molecule has 9 nitrogen and oxygen atoms in total. The number of nitrogens with one attached hydrogen (secondary N) is 1. The van der Waals surface area contributed by atoms with Crippen LogP contribution in [-0.4, -0.2) is 25.7 Å². The maximum absolute atomic E-state index is 12.8. The average Bonchev–Trinajstić information content (AvgIpc) is 3.12. The number of hydrogen-bond acceptors (Lipinski definition) is 6. The third-order valence-corrected chi connectivity index (χ3v) is 3.49. The van der Waals surface area contributed by atoms with Gasteiger partial charge < -0.3 is 15.2 Å². The summed E-state index contributed by atoms with van der Waals surface area (Å²) in [4.78, 5) is 22.4. The van der Waals surface area contributed by atoms with E-state index in [1.807, 2.05) is 0 Å². The second-order valence-corrected chi connectivity index (χ2v) is 5.38. The Morgan fingerprint density at radius 2 is 2.00 bits per heavy atom. The Hall–Kier alpha value is -3.95. The topological polar surface area (TPSA) is 120 Å². The molecular formula is C17H13FN4O5. The lowest BCUT2D eigenvalue weighted by Crippen LogP contribution is -2.14. The molecule has 0 unspecified atom stereocenters. The van der Waals surface area contributed by atoms with Gasteiger partial charge in [-0.15, -0.1) is 0 Å². The number of amides is 1. The van der Waals surface area contributed by atoms with Gasteiger partial charge >= 0.3 is 0 Å². The molecule has 0 aliphatic rings. The van der Waals surface area contributed by atoms with Gasteiger partial charge in [0.25, 0.3) is 11.6 Å². The van der Waals surface area contributed by atoms with Crippen molar-refractivity contribution in [1.82, 2.24) is 9.78 Å². The Labute approximate surface area is 151 Å². The van der Waals surface area contributed by atoms with Crippen LogP contribution in [0, 0.1) is 15.9 Å². The van der Waals surface area contributed by atoms with E-state index in [-0.39, 0.29) is 35.4 Å². The minimum atomic E-state index is -0.661. The van der Waals surface area contributed by atoms with Crippen molar-refractivity contribution in [3.05, 3.63) is 76.4 Å². The van der Waals surface area contributed by atoms with Crippen molar-refractivity contribution in [3.8, 4) is 11.5 Å². The zero-order valence-electron chi connectivity index (χ0n) is 13.7. The first-order chi connectivity index (χ1) is 12.9. The Bertz CT molecular complexity index is 987. The van der Waals surface area contributed by atoms with Crippen LogP contribution in [0.15, 0.2) is 54.7 Å². The number of nitro benzene ring substituents is 1. The smallest absolute Gasteiger partial charge is 0.276 e. The molecule has 2 aromatic carbocycles. The molecule has 2 N–H and O–H groups in total. The number of phenols is 1.